The summed E-state index contributed by atoms with van der Waals surface area (Å²) in [7, 11) is 0. The van der Waals surface area contributed by atoms with E-state index in [9.17, 15) is 19.1 Å². The number of phenols is 1. The Kier molecular flexibility index (Phi) is 10.0. The van der Waals surface area contributed by atoms with Gasteiger partial charge in [-0.1, -0.05) is 72.8 Å². The van der Waals surface area contributed by atoms with Crippen LogP contribution in [0.2, 0.25) is 0 Å². The van der Waals surface area contributed by atoms with Gasteiger partial charge in [0.2, 0.25) is 0 Å². The van der Waals surface area contributed by atoms with Crippen LogP contribution in [0.25, 0.3) is 11.1 Å². The lowest BCUT2D eigenvalue weighted by Gasteiger charge is -2.31. The molecule has 1 heterocycles. The molecule has 0 aliphatic carbocycles. The number of piperidine rings is 1. The average molecular weight is 582 g/mol. The van der Waals surface area contributed by atoms with E-state index in [1.165, 1.54) is 11.6 Å². The maximum Gasteiger partial charge on any atom is 0.411 e. The van der Waals surface area contributed by atoms with Crippen LogP contribution in [-0.4, -0.2) is 54.3 Å². The van der Waals surface area contributed by atoms with Crippen LogP contribution in [0.15, 0.2) is 97.1 Å². The van der Waals surface area contributed by atoms with Gasteiger partial charge < -0.3 is 20.1 Å². The molecule has 1 aliphatic rings. The second-order valence-corrected chi connectivity index (χ2v) is 10.7. The first-order valence-corrected chi connectivity index (χ1v) is 14.6. The second-order valence-electron chi connectivity index (χ2n) is 10.7. The fraction of sp³-hybridized carbons (Fsp3) is 0.257. The van der Waals surface area contributed by atoms with E-state index in [1.54, 1.807) is 0 Å². The molecule has 43 heavy (non-hydrogen) atoms. The number of nitrogens with zero attached hydrogens (tertiary/aromatic N) is 1. The topological polar surface area (TPSA) is 90.9 Å². The smallest absolute Gasteiger partial charge is 0.411 e. The molecular formula is C35H36FN3O4. The predicted octanol–water partition coefficient (Wildman–Crippen LogP) is 6.43. The zero-order valence-electron chi connectivity index (χ0n) is 24.0. The Bertz CT molecular complexity index is 1520. The number of carbonyl (C=O) groups excluding carboxylic acids is 2. The number of phenolic OH excluding ortho intramolecular Hbond substituents is 1. The predicted molar refractivity (Wildman–Crippen MR) is 166 cm³/mol. The SMILES string of the molecule is O=C(Nc1ccccc1-c1ccccc1)OC1CCN(CCc2ccc(CCNC(=O)c3ccc(F)cc3O)cc2)CC1. The Labute approximate surface area is 251 Å². The van der Waals surface area contributed by atoms with Crippen molar-refractivity contribution in [3.63, 3.8) is 0 Å². The summed E-state index contributed by atoms with van der Waals surface area (Å²) >= 11 is 0. The Hall–Kier alpha value is -4.69. The van der Waals surface area contributed by atoms with E-state index in [1.807, 2.05) is 54.6 Å². The van der Waals surface area contributed by atoms with Crippen LogP contribution in [0.5, 0.6) is 5.75 Å². The highest BCUT2D eigenvalue weighted by molar-refractivity contribution is 5.96. The van der Waals surface area contributed by atoms with Gasteiger partial charge in [0.15, 0.2) is 0 Å². The number of aromatic hydroxyl groups is 1. The van der Waals surface area contributed by atoms with Crippen LogP contribution in [-0.2, 0) is 17.6 Å². The first kappa shape index (κ1) is 29.8. The third kappa shape index (κ3) is 8.42. The number of ether oxygens (including phenoxy) is 1. The zero-order valence-corrected chi connectivity index (χ0v) is 24.0. The van der Waals surface area contributed by atoms with Crippen molar-refractivity contribution >= 4 is 17.7 Å². The number of para-hydroxylation sites is 1. The molecule has 0 radical (unpaired) electrons. The molecule has 4 aromatic carbocycles. The van der Waals surface area contributed by atoms with Crippen molar-refractivity contribution in [3.05, 3.63) is 120 Å². The summed E-state index contributed by atoms with van der Waals surface area (Å²) in [5, 5.41) is 15.5. The molecule has 1 aliphatic heterocycles. The third-order valence-electron chi connectivity index (χ3n) is 7.70. The minimum atomic E-state index is -0.589. The fourth-order valence-corrected chi connectivity index (χ4v) is 5.28. The van der Waals surface area contributed by atoms with E-state index in [4.69, 9.17) is 4.74 Å². The van der Waals surface area contributed by atoms with Gasteiger partial charge in [0, 0.05) is 37.8 Å². The van der Waals surface area contributed by atoms with Gasteiger partial charge in [-0.3, -0.25) is 10.1 Å². The molecule has 0 bridgehead atoms. The van der Waals surface area contributed by atoms with Gasteiger partial charge >= 0.3 is 6.09 Å². The molecule has 0 unspecified atom stereocenters. The van der Waals surface area contributed by atoms with Gasteiger partial charge in [-0.15, -0.1) is 0 Å². The van der Waals surface area contributed by atoms with E-state index >= 15 is 0 Å². The van der Waals surface area contributed by atoms with Gasteiger partial charge in [-0.25, -0.2) is 9.18 Å². The van der Waals surface area contributed by atoms with Crippen molar-refractivity contribution in [2.24, 2.45) is 0 Å². The van der Waals surface area contributed by atoms with Crippen LogP contribution < -0.4 is 10.6 Å². The van der Waals surface area contributed by atoms with Crippen molar-refractivity contribution in [1.82, 2.24) is 10.2 Å². The third-order valence-corrected chi connectivity index (χ3v) is 7.70. The molecule has 4 aromatic rings. The first-order valence-electron chi connectivity index (χ1n) is 14.6. The van der Waals surface area contributed by atoms with E-state index in [-0.39, 0.29) is 17.4 Å². The van der Waals surface area contributed by atoms with E-state index < -0.39 is 17.8 Å². The molecule has 0 atom stereocenters. The molecule has 8 heteroatoms. The van der Waals surface area contributed by atoms with Crippen molar-refractivity contribution in [2.75, 3.05) is 31.5 Å². The largest absolute Gasteiger partial charge is 0.507 e. The van der Waals surface area contributed by atoms with Crippen LogP contribution in [0.3, 0.4) is 0 Å². The van der Waals surface area contributed by atoms with E-state index in [0.717, 1.165) is 73.4 Å². The molecule has 0 aromatic heterocycles. The number of rotatable bonds is 10. The average Bonchev–Trinajstić information content (AvgIpc) is 3.02. The molecule has 7 nitrogen and oxygen atoms in total. The van der Waals surface area contributed by atoms with Gasteiger partial charge in [0.1, 0.15) is 17.7 Å². The molecule has 2 amide bonds. The van der Waals surface area contributed by atoms with Gasteiger partial charge in [-0.05, 0) is 60.6 Å². The van der Waals surface area contributed by atoms with Gasteiger partial charge in [0.25, 0.3) is 5.91 Å². The highest BCUT2D eigenvalue weighted by Crippen LogP contribution is 2.28. The van der Waals surface area contributed by atoms with Crippen LogP contribution in [0.4, 0.5) is 14.9 Å². The maximum absolute atomic E-state index is 13.1. The minimum Gasteiger partial charge on any atom is -0.507 e. The Morgan fingerprint density at radius 2 is 1.53 bits per heavy atom. The van der Waals surface area contributed by atoms with Crippen LogP contribution in [0, 0.1) is 5.82 Å². The minimum absolute atomic E-state index is 0.0558. The number of amides is 2. The fourth-order valence-electron chi connectivity index (χ4n) is 5.28. The number of hydrogen-bond acceptors (Lipinski definition) is 5. The molecule has 5 rings (SSSR count). The number of halogens is 1. The lowest BCUT2D eigenvalue weighted by Crippen LogP contribution is -2.39. The number of benzene rings is 4. The highest BCUT2D eigenvalue weighted by Gasteiger charge is 2.22. The number of hydrogen-bond donors (Lipinski definition) is 3. The summed E-state index contributed by atoms with van der Waals surface area (Å²) in [6, 6.07) is 29.4. The zero-order chi connectivity index (χ0) is 30.0. The molecule has 222 valence electrons. The summed E-state index contributed by atoms with van der Waals surface area (Å²) in [4.78, 5) is 27.3. The normalized spacial score (nSPS) is 13.8. The van der Waals surface area contributed by atoms with Crippen molar-refractivity contribution in [3.8, 4) is 16.9 Å². The van der Waals surface area contributed by atoms with Gasteiger partial charge in [-0.2, -0.15) is 0 Å². The van der Waals surface area contributed by atoms with Crippen LogP contribution >= 0.6 is 0 Å². The second kappa shape index (κ2) is 14.5. The molecule has 1 fully saturated rings. The Morgan fingerprint density at radius 3 is 2.26 bits per heavy atom. The summed E-state index contributed by atoms with van der Waals surface area (Å²) in [5.74, 6) is -1.39. The van der Waals surface area contributed by atoms with Crippen molar-refractivity contribution in [1.29, 1.82) is 0 Å². The van der Waals surface area contributed by atoms with E-state index in [0.29, 0.717) is 13.0 Å². The number of likely N-dealkylation sites (tertiary alicyclic amines) is 1. The monoisotopic (exact) mass is 581 g/mol. The molecule has 1 saturated heterocycles. The molecule has 3 N–H and O–H groups in total. The van der Waals surface area contributed by atoms with Crippen molar-refractivity contribution < 1.29 is 23.8 Å². The van der Waals surface area contributed by atoms with Crippen molar-refractivity contribution in [2.45, 2.75) is 31.8 Å². The highest BCUT2D eigenvalue weighted by atomic mass is 19.1. The lowest BCUT2D eigenvalue weighted by molar-refractivity contribution is 0.0593. The van der Waals surface area contributed by atoms with Crippen LogP contribution in [0.1, 0.15) is 34.3 Å². The van der Waals surface area contributed by atoms with Gasteiger partial charge in [0.05, 0.1) is 11.3 Å². The quantitative estimate of drug-likeness (QED) is 0.201. The summed E-state index contributed by atoms with van der Waals surface area (Å²) in [6.07, 6.45) is 2.64. The number of nitrogens with one attached hydrogen (secondary N) is 2. The summed E-state index contributed by atoms with van der Waals surface area (Å²) < 4.78 is 18.9. The summed E-state index contributed by atoms with van der Waals surface area (Å²) in [6.45, 7) is 3.09. The molecule has 0 saturated carbocycles. The first-order chi connectivity index (χ1) is 20.9. The lowest BCUT2D eigenvalue weighted by atomic mass is 10.0. The molecular weight excluding hydrogens is 545 g/mol. The summed E-state index contributed by atoms with van der Waals surface area (Å²) in [5.41, 5.74) is 5.11. The number of anilines is 1. The number of carbonyl (C=O) groups is 2. The Balaban J connectivity index is 1.00. The maximum atomic E-state index is 13.1. The van der Waals surface area contributed by atoms with E-state index in [2.05, 4.69) is 39.8 Å². The Morgan fingerprint density at radius 1 is 0.860 bits per heavy atom. The molecule has 0 spiro atoms. The standard InChI is InChI=1S/C35H36FN3O4/c36-28-14-15-31(33(40)24-28)34(41)37-20-16-25-10-12-26(13-11-25)17-21-39-22-18-29(19-23-39)43-35(42)38-32-9-5-4-8-30(32)27-6-2-1-3-7-27/h1-15,24,29,40H,16-23H2,(H,37,41)(H,38,42).